The topological polar surface area (TPSA) is 74.7 Å². The van der Waals surface area contributed by atoms with Crippen molar-refractivity contribution >= 4 is 11.8 Å². The summed E-state index contributed by atoms with van der Waals surface area (Å²) in [6.45, 7) is 8.31. The van der Waals surface area contributed by atoms with Gasteiger partial charge in [-0.15, -0.1) is 0 Å². The molecule has 1 aromatic heterocycles. The summed E-state index contributed by atoms with van der Waals surface area (Å²) in [5.74, 6) is -0.313. The molecule has 178 valence electrons. The maximum atomic E-state index is 13.4. The summed E-state index contributed by atoms with van der Waals surface area (Å²) in [5.41, 5.74) is -0.786. The SMILES string of the molecule is CN1CCC[C@H](CN(C)C(=O)c2cn(C3CCCCC3)cc(C(=O)NC(C)(C)C)c2=O)C1. The van der Waals surface area contributed by atoms with E-state index < -0.39 is 16.9 Å². The molecule has 1 aliphatic carbocycles. The molecule has 0 unspecified atom stereocenters. The zero-order valence-corrected chi connectivity index (χ0v) is 20.4. The Hall–Kier alpha value is -2.15. The zero-order chi connectivity index (χ0) is 23.5. The first-order chi connectivity index (χ1) is 15.0. The number of piperidine rings is 1. The number of pyridine rings is 1. The van der Waals surface area contributed by atoms with Crippen LogP contribution in [0.3, 0.4) is 0 Å². The predicted octanol–water partition coefficient (Wildman–Crippen LogP) is 3.30. The first kappa shape index (κ1) is 24.5. The molecule has 32 heavy (non-hydrogen) atoms. The molecule has 1 saturated carbocycles. The molecule has 0 bridgehead atoms. The second-order valence-corrected chi connectivity index (χ2v) is 10.8. The maximum absolute atomic E-state index is 13.4. The van der Waals surface area contributed by atoms with E-state index in [-0.39, 0.29) is 23.1 Å². The number of likely N-dealkylation sites (tertiary alicyclic amines) is 1. The van der Waals surface area contributed by atoms with Crippen LogP contribution in [0.25, 0.3) is 0 Å². The van der Waals surface area contributed by atoms with E-state index in [0.29, 0.717) is 12.5 Å². The van der Waals surface area contributed by atoms with E-state index in [0.717, 1.165) is 51.6 Å². The van der Waals surface area contributed by atoms with Gasteiger partial charge in [-0.2, -0.15) is 0 Å². The number of hydrogen-bond acceptors (Lipinski definition) is 4. The summed E-state index contributed by atoms with van der Waals surface area (Å²) in [6.07, 6.45) is 11.0. The summed E-state index contributed by atoms with van der Waals surface area (Å²) >= 11 is 0. The lowest BCUT2D eigenvalue weighted by molar-refractivity contribution is 0.0738. The first-order valence-corrected chi connectivity index (χ1v) is 12.1. The summed E-state index contributed by atoms with van der Waals surface area (Å²) < 4.78 is 1.95. The van der Waals surface area contributed by atoms with E-state index in [9.17, 15) is 14.4 Å². The summed E-state index contributed by atoms with van der Waals surface area (Å²) in [6, 6.07) is 0.217. The number of amides is 2. The molecule has 1 saturated heterocycles. The van der Waals surface area contributed by atoms with Crippen LogP contribution in [0.5, 0.6) is 0 Å². The van der Waals surface area contributed by atoms with Gasteiger partial charge >= 0.3 is 0 Å². The first-order valence-electron chi connectivity index (χ1n) is 12.1. The van der Waals surface area contributed by atoms with Gasteiger partial charge in [0.2, 0.25) is 5.43 Å². The van der Waals surface area contributed by atoms with E-state index in [2.05, 4.69) is 17.3 Å². The summed E-state index contributed by atoms with van der Waals surface area (Å²) in [5, 5.41) is 2.89. The Bertz CT molecular complexity index is 880. The highest BCUT2D eigenvalue weighted by atomic mass is 16.2. The van der Waals surface area contributed by atoms with Crippen LogP contribution in [0.4, 0.5) is 0 Å². The second kappa shape index (κ2) is 10.2. The Labute approximate surface area is 192 Å². The van der Waals surface area contributed by atoms with Gasteiger partial charge in [0.05, 0.1) is 0 Å². The molecule has 1 N–H and O–H groups in total. The van der Waals surface area contributed by atoms with Crippen molar-refractivity contribution in [3.05, 3.63) is 33.7 Å². The van der Waals surface area contributed by atoms with Crippen LogP contribution in [0.1, 0.15) is 92.5 Å². The van der Waals surface area contributed by atoms with E-state index in [4.69, 9.17) is 0 Å². The molecule has 7 heteroatoms. The van der Waals surface area contributed by atoms with E-state index in [1.54, 1.807) is 24.3 Å². The average Bonchev–Trinajstić information content (AvgIpc) is 2.72. The number of carbonyl (C=O) groups is 2. The van der Waals surface area contributed by atoms with Gasteiger partial charge in [0, 0.05) is 44.1 Å². The van der Waals surface area contributed by atoms with Crippen molar-refractivity contribution in [1.29, 1.82) is 0 Å². The third-order valence-electron chi connectivity index (χ3n) is 6.61. The van der Waals surface area contributed by atoms with E-state index >= 15 is 0 Å². The molecule has 0 spiro atoms. The number of nitrogens with zero attached hydrogens (tertiary/aromatic N) is 3. The van der Waals surface area contributed by atoms with Gasteiger partial charge in [0.1, 0.15) is 11.1 Å². The van der Waals surface area contributed by atoms with Crippen LogP contribution in [-0.4, -0.2) is 65.4 Å². The summed E-state index contributed by atoms with van der Waals surface area (Å²) in [7, 11) is 3.87. The molecule has 0 aromatic carbocycles. The van der Waals surface area contributed by atoms with E-state index in [1.807, 2.05) is 25.3 Å². The van der Waals surface area contributed by atoms with Crippen molar-refractivity contribution in [2.75, 3.05) is 33.7 Å². The number of rotatable bonds is 5. The van der Waals surface area contributed by atoms with Crippen molar-refractivity contribution in [3.63, 3.8) is 0 Å². The van der Waals surface area contributed by atoms with Crippen LogP contribution in [0, 0.1) is 5.92 Å². The van der Waals surface area contributed by atoms with Crippen molar-refractivity contribution in [1.82, 2.24) is 19.7 Å². The van der Waals surface area contributed by atoms with Gasteiger partial charge in [0.15, 0.2) is 0 Å². The molecule has 0 radical (unpaired) electrons. The van der Waals surface area contributed by atoms with Crippen LogP contribution >= 0.6 is 0 Å². The largest absolute Gasteiger partial charge is 0.349 e. The van der Waals surface area contributed by atoms with Gasteiger partial charge < -0.3 is 19.7 Å². The van der Waals surface area contributed by atoms with Gasteiger partial charge in [-0.1, -0.05) is 19.3 Å². The van der Waals surface area contributed by atoms with Gasteiger partial charge in [0.25, 0.3) is 11.8 Å². The zero-order valence-electron chi connectivity index (χ0n) is 20.4. The monoisotopic (exact) mass is 444 g/mol. The molecule has 2 aliphatic rings. The highest BCUT2D eigenvalue weighted by Gasteiger charge is 2.27. The Morgan fingerprint density at radius 2 is 1.72 bits per heavy atom. The van der Waals surface area contributed by atoms with Gasteiger partial charge in [-0.3, -0.25) is 14.4 Å². The van der Waals surface area contributed by atoms with Crippen LogP contribution in [-0.2, 0) is 0 Å². The number of aromatic nitrogens is 1. The number of hydrogen-bond donors (Lipinski definition) is 1. The summed E-state index contributed by atoms with van der Waals surface area (Å²) in [4.78, 5) is 43.6. The van der Waals surface area contributed by atoms with Gasteiger partial charge in [-0.05, 0) is 66.0 Å². The quantitative estimate of drug-likeness (QED) is 0.756. The lowest BCUT2D eigenvalue weighted by atomic mass is 9.94. The minimum atomic E-state index is -0.476. The van der Waals surface area contributed by atoms with Crippen LogP contribution < -0.4 is 10.7 Å². The molecule has 2 fully saturated rings. The average molecular weight is 445 g/mol. The molecular weight excluding hydrogens is 404 g/mol. The normalized spacial score (nSPS) is 20.7. The number of nitrogens with one attached hydrogen (secondary N) is 1. The van der Waals surface area contributed by atoms with Crippen molar-refractivity contribution in [3.8, 4) is 0 Å². The number of carbonyl (C=O) groups excluding carboxylic acids is 2. The second-order valence-electron chi connectivity index (χ2n) is 10.8. The molecule has 2 amide bonds. The fraction of sp³-hybridized carbons (Fsp3) is 0.720. The van der Waals surface area contributed by atoms with Crippen molar-refractivity contribution < 1.29 is 9.59 Å². The Morgan fingerprint density at radius 1 is 1.06 bits per heavy atom. The molecule has 1 atom stereocenters. The minimum Gasteiger partial charge on any atom is -0.349 e. The van der Waals surface area contributed by atoms with Crippen LogP contribution in [0.15, 0.2) is 17.2 Å². The van der Waals surface area contributed by atoms with E-state index in [1.165, 1.54) is 6.42 Å². The standard InChI is InChI=1S/C25H40N4O3/c1-25(2,3)26-23(31)20-16-29(19-11-7-6-8-12-19)17-21(22(20)30)24(32)28(5)15-18-10-9-13-27(4)14-18/h16-19H,6-15H2,1-5H3,(H,26,31)/t18-/m0/s1. The molecule has 1 aromatic rings. The van der Waals surface area contributed by atoms with Crippen LogP contribution in [0.2, 0.25) is 0 Å². The lowest BCUT2D eigenvalue weighted by Crippen LogP contribution is -2.44. The molecule has 2 heterocycles. The minimum absolute atomic E-state index is 0.0575. The van der Waals surface area contributed by atoms with Crippen molar-refractivity contribution in [2.24, 2.45) is 5.92 Å². The molecular formula is C25H40N4O3. The lowest BCUT2D eigenvalue weighted by Gasteiger charge is -2.32. The fourth-order valence-electron chi connectivity index (χ4n) is 5.01. The highest BCUT2D eigenvalue weighted by Crippen LogP contribution is 2.28. The third kappa shape index (κ3) is 6.21. The fourth-order valence-corrected chi connectivity index (χ4v) is 5.01. The highest BCUT2D eigenvalue weighted by molar-refractivity contribution is 5.99. The third-order valence-corrected chi connectivity index (χ3v) is 6.61. The maximum Gasteiger partial charge on any atom is 0.259 e. The predicted molar refractivity (Wildman–Crippen MR) is 127 cm³/mol. The van der Waals surface area contributed by atoms with Gasteiger partial charge in [-0.25, -0.2) is 0 Å². The molecule has 7 nitrogen and oxygen atoms in total. The Morgan fingerprint density at radius 3 is 2.34 bits per heavy atom. The molecule has 3 rings (SSSR count). The molecule has 1 aliphatic heterocycles. The smallest absolute Gasteiger partial charge is 0.259 e. The van der Waals surface area contributed by atoms with Crippen molar-refractivity contribution in [2.45, 2.75) is 77.3 Å². The Balaban J connectivity index is 1.91. The Kier molecular flexibility index (Phi) is 7.80.